The molecule has 104 valence electrons. The van der Waals surface area contributed by atoms with E-state index in [9.17, 15) is 15.0 Å². The Labute approximate surface area is 116 Å². The van der Waals surface area contributed by atoms with E-state index in [-0.39, 0.29) is 12.0 Å². The van der Waals surface area contributed by atoms with Crippen molar-refractivity contribution in [3.63, 3.8) is 0 Å². The van der Waals surface area contributed by atoms with Crippen LogP contribution in [0.4, 0.5) is 0 Å². The molecule has 20 heavy (non-hydrogen) atoms. The number of carboxylic acid groups (broad SMARTS) is 1. The molecule has 0 spiro atoms. The van der Waals surface area contributed by atoms with Crippen molar-refractivity contribution >= 4 is 5.97 Å². The van der Waals surface area contributed by atoms with E-state index < -0.39 is 18.7 Å². The normalized spacial score (nSPS) is 12.1. The predicted octanol–water partition coefficient (Wildman–Crippen LogP) is 1.95. The summed E-state index contributed by atoms with van der Waals surface area (Å²) < 4.78 is 0. The number of aliphatic hydroxyl groups excluding tert-OH is 2. The molecule has 0 amide bonds. The summed E-state index contributed by atoms with van der Waals surface area (Å²) in [6, 6.07) is 14.4. The molecule has 2 aromatic carbocycles. The van der Waals surface area contributed by atoms with Gasteiger partial charge in [0.25, 0.3) is 0 Å². The van der Waals surface area contributed by atoms with Crippen molar-refractivity contribution < 1.29 is 20.1 Å². The molecule has 0 aliphatic rings. The van der Waals surface area contributed by atoms with Crippen molar-refractivity contribution in [1.82, 2.24) is 0 Å². The van der Waals surface area contributed by atoms with Crippen LogP contribution in [-0.4, -0.2) is 34.0 Å². The third kappa shape index (κ3) is 3.04. The molecule has 3 N–H and O–H groups in total. The second kappa shape index (κ2) is 6.32. The van der Waals surface area contributed by atoms with Crippen LogP contribution in [0.1, 0.15) is 15.9 Å². The quantitative estimate of drug-likeness (QED) is 0.777. The second-order valence-electron chi connectivity index (χ2n) is 4.54. The average molecular weight is 272 g/mol. The number of aliphatic hydroxyl groups is 2. The molecule has 2 rings (SSSR count). The summed E-state index contributed by atoms with van der Waals surface area (Å²) in [6.07, 6.45) is -0.874. The van der Waals surface area contributed by atoms with E-state index in [0.717, 1.165) is 11.1 Å². The Kier molecular flexibility index (Phi) is 4.50. The van der Waals surface area contributed by atoms with Gasteiger partial charge in [0.2, 0.25) is 0 Å². The predicted molar refractivity (Wildman–Crippen MR) is 75.6 cm³/mol. The lowest BCUT2D eigenvalue weighted by atomic mass is 9.92. The van der Waals surface area contributed by atoms with E-state index in [2.05, 4.69) is 0 Å². The van der Waals surface area contributed by atoms with Gasteiger partial charge in [-0.25, -0.2) is 4.79 Å². The van der Waals surface area contributed by atoms with Gasteiger partial charge >= 0.3 is 5.97 Å². The molecule has 0 saturated heterocycles. The number of hydrogen-bond donors (Lipinski definition) is 3. The average Bonchev–Trinajstić information content (AvgIpc) is 2.48. The highest BCUT2D eigenvalue weighted by molar-refractivity contribution is 5.92. The SMILES string of the molecule is O=C(O)c1cccc(-c2ccccc2)c1CC(O)CO. The number of carboxylic acids is 1. The Morgan fingerprint density at radius 2 is 1.75 bits per heavy atom. The number of hydrogen-bond acceptors (Lipinski definition) is 3. The Morgan fingerprint density at radius 1 is 1.05 bits per heavy atom. The topological polar surface area (TPSA) is 77.8 Å². The molecular weight excluding hydrogens is 256 g/mol. The minimum atomic E-state index is -1.04. The number of rotatable bonds is 5. The smallest absolute Gasteiger partial charge is 0.335 e. The Morgan fingerprint density at radius 3 is 2.35 bits per heavy atom. The lowest BCUT2D eigenvalue weighted by Crippen LogP contribution is -2.18. The van der Waals surface area contributed by atoms with E-state index in [1.165, 1.54) is 6.07 Å². The van der Waals surface area contributed by atoms with Crippen LogP contribution in [0.5, 0.6) is 0 Å². The monoisotopic (exact) mass is 272 g/mol. The van der Waals surface area contributed by atoms with E-state index >= 15 is 0 Å². The van der Waals surface area contributed by atoms with Gasteiger partial charge in [0, 0.05) is 6.42 Å². The van der Waals surface area contributed by atoms with Crippen molar-refractivity contribution in [3.05, 3.63) is 59.7 Å². The summed E-state index contributed by atoms with van der Waals surface area (Å²) >= 11 is 0. The van der Waals surface area contributed by atoms with Gasteiger partial charge in [0.1, 0.15) is 0 Å². The van der Waals surface area contributed by atoms with Crippen LogP contribution in [-0.2, 0) is 6.42 Å². The van der Waals surface area contributed by atoms with E-state index in [1.807, 2.05) is 36.4 Å². The minimum absolute atomic E-state index is 0.100. The third-order valence-electron chi connectivity index (χ3n) is 3.14. The first kappa shape index (κ1) is 14.2. The Bertz CT molecular complexity index is 593. The van der Waals surface area contributed by atoms with Gasteiger partial charge in [0.15, 0.2) is 0 Å². The van der Waals surface area contributed by atoms with Crippen LogP contribution >= 0.6 is 0 Å². The maximum Gasteiger partial charge on any atom is 0.335 e. The molecule has 0 aliphatic carbocycles. The molecule has 1 unspecified atom stereocenters. The molecule has 4 nitrogen and oxygen atoms in total. The highest BCUT2D eigenvalue weighted by Crippen LogP contribution is 2.27. The molecule has 4 heteroatoms. The molecular formula is C16H16O4. The standard InChI is InChI=1S/C16H16O4/c17-10-12(18)9-15-13(11-5-2-1-3-6-11)7-4-8-14(15)16(19)20/h1-8,12,17-18H,9-10H2,(H,19,20). The van der Waals surface area contributed by atoms with Gasteiger partial charge in [-0.1, -0.05) is 42.5 Å². The Balaban J connectivity index is 2.56. The maximum absolute atomic E-state index is 11.3. The van der Waals surface area contributed by atoms with Gasteiger partial charge in [-0.15, -0.1) is 0 Å². The highest BCUT2D eigenvalue weighted by Gasteiger charge is 2.17. The number of benzene rings is 2. The molecule has 0 fully saturated rings. The van der Waals surface area contributed by atoms with Gasteiger partial charge in [-0.3, -0.25) is 0 Å². The number of aromatic carboxylic acids is 1. The number of carbonyl (C=O) groups is 1. The Hall–Kier alpha value is -2.17. The maximum atomic E-state index is 11.3. The first-order chi connectivity index (χ1) is 9.63. The molecule has 0 bridgehead atoms. The van der Waals surface area contributed by atoms with E-state index in [4.69, 9.17) is 5.11 Å². The zero-order valence-electron chi connectivity index (χ0n) is 10.9. The van der Waals surface area contributed by atoms with Gasteiger partial charge in [-0.05, 0) is 22.8 Å². The van der Waals surface area contributed by atoms with Crippen LogP contribution in [0.2, 0.25) is 0 Å². The van der Waals surface area contributed by atoms with Crippen molar-refractivity contribution in [2.24, 2.45) is 0 Å². The van der Waals surface area contributed by atoms with Crippen molar-refractivity contribution in [3.8, 4) is 11.1 Å². The first-order valence-corrected chi connectivity index (χ1v) is 6.33. The van der Waals surface area contributed by atoms with Gasteiger partial charge in [-0.2, -0.15) is 0 Å². The van der Waals surface area contributed by atoms with Crippen LogP contribution in [0.25, 0.3) is 11.1 Å². The van der Waals surface area contributed by atoms with Crippen LogP contribution in [0.3, 0.4) is 0 Å². The summed E-state index contributed by atoms with van der Waals surface area (Å²) in [6.45, 7) is -0.401. The van der Waals surface area contributed by atoms with Crippen LogP contribution in [0, 0.1) is 0 Å². The minimum Gasteiger partial charge on any atom is -0.478 e. The van der Waals surface area contributed by atoms with Crippen molar-refractivity contribution in [2.75, 3.05) is 6.61 Å². The second-order valence-corrected chi connectivity index (χ2v) is 4.54. The molecule has 1 atom stereocenters. The fourth-order valence-electron chi connectivity index (χ4n) is 2.20. The summed E-state index contributed by atoms with van der Waals surface area (Å²) in [4.78, 5) is 11.3. The third-order valence-corrected chi connectivity index (χ3v) is 3.14. The van der Waals surface area contributed by atoms with Crippen LogP contribution in [0.15, 0.2) is 48.5 Å². The highest BCUT2D eigenvalue weighted by atomic mass is 16.4. The van der Waals surface area contributed by atoms with E-state index in [1.54, 1.807) is 6.07 Å². The van der Waals surface area contributed by atoms with Crippen molar-refractivity contribution in [2.45, 2.75) is 12.5 Å². The molecule has 0 radical (unpaired) electrons. The summed E-state index contributed by atoms with van der Waals surface area (Å²) in [5, 5.41) is 27.9. The molecule has 0 heterocycles. The molecule has 2 aromatic rings. The van der Waals surface area contributed by atoms with E-state index in [0.29, 0.717) is 5.56 Å². The zero-order chi connectivity index (χ0) is 14.5. The summed E-state index contributed by atoms with van der Waals surface area (Å²) in [7, 11) is 0. The zero-order valence-corrected chi connectivity index (χ0v) is 10.9. The van der Waals surface area contributed by atoms with Crippen molar-refractivity contribution in [1.29, 1.82) is 0 Å². The molecule has 0 aromatic heterocycles. The fraction of sp³-hybridized carbons (Fsp3) is 0.188. The largest absolute Gasteiger partial charge is 0.478 e. The summed E-state index contributed by atoms with van der Waals surface area (Å²) in [5.74, 6) is -1.04. The first-order valence-electron chi connectivity index (χ1n) is 6.33. The summed E-state index contributed by atoms with van der Waals surface area (Å²) in [5.41, 5.74) is 2.33. The van der Waals surface area contributed by atoms with Gasteiger partial charge < -0.3 is 15.3 Å². The van der Waals surface area contributed by atoms with Gasteiger partial charge in [0.05, 0.1) is 18.3 Å². The lowest BCUT2D eigenvalue weighted by Gasteiger charge is -2.15. The molecule has 0 saturated carbocycles. The molecule has 0 aliphatic heterocycles. The lowest BCUT2D eigenvalue weighted by molar-refractivity contribution is 0.0691. The fourth-order valence-corrected chi connectivity index (χ4v) is 2.20. The van der Waals surface area contributed by atoms with Crippen LogP contribution < -0.4 is 0 Å².